The van der Waals surface area contributed by atoms with E-state index in [4.69, 9.17) is 4.74 Å². The first-order valence-electron chi connectivity index (χ1n) is 6.93. The molecule has 0 spiro atoms. The largest absolute Gasteiger partial charge is 0.497 e. The molecule has 0 aliphatic heterocycles. The Labute approximate surface area is 114 Å². The van der Waals surface area contributed by atoms with Crippen LogP contribution in [0.2, 0.25) is 0 Å². The molecular weight excluding hydrogens is 240 g/mol. The Hall–Kier alpha value is -1.71. The fourth-order valence-corrected chi connectivity index (χ4v) is 2.68. The van der Waals surface area contributed by atoms with Crippen molar-refractivity contribution < 1.29 is 9.53 Å². The molecule has 1 aliphatic rings. The van der Waals surface area contributed by atoms with Crippen molar-refractivity contribution in [3.8, 4) is 5.75 Å². The second-order valence-electron chi connectivity index (χ2n) is 4.88. The maximum atomic E-state index is 11.3. The molecule has 0 saturated heterocycles. The SMILES string of the molecule is CCNC(=O)NCC[C@@H]1CCc2ccc(OC)cc21. The predicted octanol–water partition coefficient (Wildman–Crippen LogP) is 2.43. The molecule has 0 saturated carbocycles. The van der Waals surface area contributed by atoms with Gasteiger partial charge in [0.2, 0.25) is 0 Å². The number of aryl methyl sites for hydroxylation is 1. The van der Waals surface area contributed by atoms with Gasteiger partial charge in [0.05, 0.1) is 7.11 Å². The number of rotatable bonds is 5. The molecule has 19 heavy (non-hydrogen) atoms. The Bertz CT molecular complexity index is 446. The van der Waals surface area contributed by atoms with Crippen LogP contribution in [0.3, 0.4) is 0 Å². The van der Waals surface area contributed by atoms with Crippen molar-refractivity contribution >= 4 is 6.03 Å². The number of fused-ring (bicyclic) bond motifs is 1. The summed E-state index contributed by atoms with van der Waals surface area (Å²) in [6.07, 6.45) is 3.28. The molecule has 4 heteroatoms. The first kappa shape index (κ1) is 13.7. The molecule has 2 rings (SSSR count). The first-order valence-corrected chi connectivity index (χ1v) is 6.93. The normalized spacial score (nSPS) is 16.8. The van der Waals surface area contributed by atoms with Gasteiger partial charge in [0.25, 0.3) is 0 Å². The van der Waals surface area contributed by atoms with Crippen LogP contribution in [0.15, 0.2) is 18.2 Å². The second-order valence-corrected chi connectivity index (χ2v) is 4.88. The number of hydrogen-bond acceptors (Lipinski definition) is 2. The maximum Gasteiger partial charge on any atom is 0.314 e. The van der Waals surface area contributed by atoms with E-state index < -0.39 is 0 Å². The van der Waals surface area contributed by atoms with Crippen LogP contribution in [0.25, 0.3) is 0 Å². The van der Waals surface area contributed by atoms with Gasteiger partial charge >= 0.3 is 6.03 Å². The first-order chi connectivity index (χ1) is 9.24. The molecule has 1 atom stereocenters. The number of amides is 2. The van der Waals surface area contributed by atoms with Crippen LogP contribution in [0, 0.1) is 0 Å². The van der Waals surface area contributed by atoms with Crippen LogP contribution >= 0.6 is 0 Å². The number of hydrogen-bond donors (Lipinski definition) is 2. The summed E-state index contributed by atoms with van der Waals surface area (Å²) >= 11 is 0. The van der Waals surface area contributed by atoms with E-state index in [9.17, 15) is 4.79 Å². The van der Waals surface area contributed by atoms with E-state index >= 15 is 0 Å². The highest BCUT2D eigenvalue weighted by molar-refractivity contribution is 5.73. The van der Waals surface area contributed by atoms with Crippen LogP contribution in [0.5, 0.6) is 5.75 Å². The van der Waals surface area contributed by atoms with Gasteiger partial charge < -0.3 is 15.4 Å². The molecular formula is C15H22N2O2. The van der Waals surface area contributed by atoms with Gasteiger partial charge in [-0.05, 0) is 55.4 Å². The third-order valence-electron chi connectivity index (χ3n) is 3.67. The minimum atomic E-state index is -0.0774. The lowest BCUT2D eigenvalue weighted by Crippen LogP contribution is -2.36. The van der Waals surface area contributed by atoms with Gasteiger partial charge in [0, 0.05) is 13.1 Å². The highest BCUT2D eigenvalue weighted by Crippen LogP contribution is 2.37. The molecule has 1 aromatic carbocycles. The summed E-state index contributed by atoms with van der Waals surface area (Å²) < 4.78 is 5.28. The molecule has 1 aromatic rings. The van der Waals surface area contributed by atoms with E-state index in [0.717, 1.165) is 18.6 Å². The Morgan fingerprint density at radius 2 is 2.26 bits per heavy atom. The van der Waals surface area contributed by atoms with E-state index in [-0.39, 0.29) is 6.03 Å². The van der Waals surface area contributed by atoms with Gasteiger partial charge in [0.1, 0.15) is 5.75 Å². The van der Waals surface area contributed by atoms with Gasteiger partial charge in [-0.15, -0.1) is 0 Å². The minimum absolute atomic E-state index is 0.0774. The van der Waals surface area contributed by atoms with Gasteiger partial charge in [-0.1, -0.05) is 6.07 Å². The Morgan fingerprint density at radius 3 is 3.00 bits per heavy atom. The Balaban J connectivity index is 1.89. The van der Waals surface area contributed by atoms with Crippen molar-refractivity contribution in [2.45, 2.75) is 32.1 Å². The van der Waals surface area contributed by atoms with Gasteiger partial charge in [-0.2, -0.15) is 0 Å². The van der Waals surface area contributed by atoms with E-state index in [2.05, 4.69) is 22.8 Å². The molecule has 1 aliphatic carbocycles. The number of nitrogens with one attached hydrogen (secondary N) is 2. The van der Waals surface area contributed by atoms with Gasteiger partial charge in [-0.25, -0.2) is 4.79 Å². The third-order valence-corrected chi connectivity index (χ3v) is 3.67. The molecule has 0 fully saturated rings. The highest BCUT2D eigenvalue weighted by atomic mass is 16.5. The van der Waals surface area contributed by atoms with Crippen molar-refractivity contribution in [2.24, 2.45) is 0 Å². The van der Waals surface area contributed by atoms with E-state index in [1.165, 1.54) is 17.5 Å². The van der Waals surface area contributed by atoms with E-state index in [1.807, 2.05) is 13.0 Å². The second kappa shape index (κ2) is 6.45. The summed E-state index contributed by atoms with van der Waals surface area (Å²) in [5, 5.41) is 5.63. The zero-order chi connectivity index (χ0) is 13.7. The molecule has 0 bridgehead atoms. The number of benzene rings is 1. The topological polar surface area (TPSA) is 50.4 Å². The zero-order valence-corrected chi connectivity index (χ0v) is 11.7. The number of carbonyl (C=O) groups is 1. The maximum absolute atomic E-state index is 11.3. The van der Waals surface area contributed by atoms with Crippen molar-refractivity contribution in [2.75, 3.05) is 20.2 Å². The lowest BCUT2D eigenvalue weighted by atomic mass is 9.97. The Kier molecular flexibility index (Phi) is 4.66. The summed E-state index contributed by atoms with van der Waals surface area (Å²) in [5.41, 5.74) is 2.81. The Morgan fingerprint density at radius 1 is 1.42 bits per heavy atom. The van der Waals surface area contributed by atoms with Crippen LogP contribution in [-0.2, 0) is 6.42 Å². The lowest BCUT2D eigenvalue weighted by Gasteiger charge is -2.13. The number of carbonyl (C=O) groups excluding carboxylic acids is 1. The number of ether oxygens (including phenoxy) is 1. The zero-order valence-electron chi connectivity index (χ0n) is 11.7. The molecule has 2 N–H and O–H groups in total. The molecule has 2 amide bonds. The fraction of sp³-hybridized carbons (Fsp3) is 0.533. The lowest BCUT2D eigenvalue weighted by molar-refractivity contribution is 0.241. The standard InChI is InChI=1S/C15H22N2O2/c1-3-16-15(18)17-9-8-12-5-4-11-6-7-13(19-2)10-14(11)12/h6-7,10,12H,3-5,8-9H2,1-2H3,(H2,16,17,18)/t12-/m0/s1. The summed E-state index contributed by atoms with van der Waals surface area (Å²) in [7, 11) is 1.70. The monoisotopic (exact) mass is 262 g/mol. The smallest absolute Gasteiger partial charge is 0.314 e. The molecule has 0 aromatic heterocycles. The predicted molar refractivity (Wildman–Crippen MR) is 75.7 cm³/mol. The third kappa shape index (κ3) is 3.40. The fourth-order valence-electron chi connectivity index (χ4n) is 2.68. The summed E-state index contributed by atoms with van der Waals surface area (Å²) in [4.78, 5) is 11.3. The van der Waals surface area contributed by atoms with Crippen molar-refractivity contribution in [3.63, 3.8) is 0 Å². The summed E-state index contributed by atoms with van der Waals surface area (Å²) in [5.74, 6) is 1.45. The molecule has 4 nitrogen and oxygen atoms in total. The quantitative estimate of drug-likeness (QED) is 0.856. The molecule has 0 radical (unpaired) electrons. The van der Waals surface area contributed by atoms with Gasteiger partial charge in [0.15, 0.2) is 0 Å². The van der Waals surface area contributed by atoms with Crippen LogP contribution in [0.1, 0.15) is 36.8 Å². The van der Waals surface area contributed by atoms with Crippen molar-refractivity contribution in [3.05, 3.63) is 29.3 Å². The highest BCUT2D eigenvalue weighted by Gasteiger charge is 2.22. The van der Waals surface area contributed by atoms with E-state index in [0.29, 0.717) is 19.0 Å². The van der Waals surface area contributed by atoms with Crippen molar-refractivity contribution in [1.29, 1.82) is 0 Å². The molecule has 0 unspecified atom stereocenters. The van der Waals surface area contributed by atoms with Crippen LogP contribution < -0.4 is 15.4 Å². The molecule has 0 heterocycles. The minimum Gasteiger partial charge on any atom is -0.497 e. The average molecular weight is 262 g/mol. The summed E-state index contributed by atoms with van der Waals surface area (Å²) in [6, 6.07) is 6.24. The van der Waals surface area contributed by atoms with Crippen LogP contribution in [0.4, 0.5) is 4.79 Å². The summed E-state index contributed by atoms with van der Waals surface area (Å²) in [6.45, 7) is 3.29. The van der Waals surface area contributed by atoms with Gasteiger partial charge in [-0.3, -0.25) is 0 Å². The number of urea groups is 1. The van der Waals surface area contributed by atoms with E-state index in [1.54, 1.807) is 7.11 Å². The average Bonchev–Trinajstić information content (AvgIpc) is 2.81. The number of methoxy groups -OCH3 is 1. The van der Waals surface area contributed by atoms with Crippen molar-refractivity contribution in [1.82, 2.24) is 10.6 Å². The van der Waals surface area contributed by atoms with Crippen LogP contribution in [-0.4, -0.2) is 26.2 Å². The molecule has 104 valence electrons.